The lowest BCUT2D eigenvalue weighted by Gasteiger charge is -2.34. The van der Waals surface area contributed by atoms with E-state index in [-0.39, 0.29) is 37.4 Å². The maximum absolute atomic E-state index is 14.1. The minimum Gasteiger partial charge on any atom is -0.507 e. The van der Waals surface area contributed by atoms with Crippen LogP contribution in [-0.2, 0) is 28.7 Å². The first-order valence-corrected chi connectivity index (χ1v) is 14.5. The number of nitrogens with one attached hydrogen (secondary N) is 2. The maximum atomic E-state index is 14.1. The number of primary amides is 1. The number of para-hydroxylation sites is 1. The predicted octanol–water partition coefficient (Wildman–Crippen LogP) is 3.38. The number of nitrogens with zero attached hydrogens (tertiary/aromatic N) is 1. The van der Waals surface area contributed by atoms with Crippen molar-refractivity contribution in [2.45, 2.75) is 104 Å². The number of ether oxygens (including phenoxy) is 2. The van der Waals surface area contributed by atoms with Gasteiger partial charge in [0.2, 0.25) is 17.7 Å². The molecule has 1 rings (SSSR count). The number of carbonyl (C=O) groups excluding carboxylic acids is 5. The van der Waals surface area contributed by atoms with Crippen molar-refractivity contribution < 1.29 is 38.6 Å². The van der Waals surface area contributed by atoms with E-state index in [4.69, 9.17) is 15.2 Å². The van der Waals surface area contributed by atoms with Crippen molar-refractivity contribution in [2.24, 2.45) is 5.73 Å². The molecule has 0 aliphatic carbocycles. The summed E-state index contributed by atoms with van der Waals surface area (Å²) in [6, 6.07) is 2.05. The summed E-state index contributed by atoms with van der Waals surface area (Å²) in [5.74, 6) is -2.93. The van der Waals surface area contributed by atoms with Crippen LogP contribution in [0, 0.1) is 6.92 Å². The van der Waals surface area contributed by atoms with Crippen LogP contribution in [0.2, 0.25) is 0 Å². The SMILES string of the molecule is CCCCCCCN(C(=O)C(CC(N)=O)NC(=O)OC(C)(C)C)C(C(=O)NCCC(=O)OCC)c1cccc(C)c1O. The highest BCUT2D eigenvalue weighted by Gasteiger charge is 2.38. The topological polar surface area (TPSA) is 177 Å². The Labute approximate surface area is 248 Å². The Morgan fingerprint density at radius 2 is 1.71 bits per heavy atom. The standard InChI is InChI=1S/C30H48N4O8/c1-7-9-10-11-12-18-34(28(39)22(19-23(31)35)33-29(40)42-30(4,5)6)25(21-15-13-14-20(3)26(21)37)27(38)32-17-16-24(36)41-8-2/h13-15,22,25,37H,7-12,16-19H2,1-6H3,(H2,31,35)(H,32,38)(H,33,40). The summed E-state index contributed by atoms with van der Waals surface area (Å²) in [5.41, 5.74) is 5.19. The van der Waals surface area contributed by atoms with Crippen LogP contribution in [0.4, 0.5) is 4.79 Å². The van der Waals surface area contributed by atoms with E-state index in [2.05, 4.69) is 17.6 Å². The smallest absolute Gasteiger partial charge is 0.408 e. The van der Waals surface area contributed by atoms with E-state index < -0.39 is 53.9 Å². The van der Waals surface area contributed by atoms with Gasteiger partial charge in [-0.15, -0.1) is 0 Å². The molecule has 0 aromatic heterocycles. The number of unbranched alkanes of at least 4 members (excludes halogenated alkanes) is 4. The molecule has 0 saturated heterocycles. The van der Waals surface area contributed by atoms with E-state index in [9.17, 15) is 29.1 Å². The third kappa shape index (κ3) is 12.8. The number of esters is 1. The number of benzene rings is 1. The van der Waals surface area contributed by atoms with Crippen LogP contribution >= 0.6 is 0 Å². The van der Waals surface area contributed by atoms with Crippen molar-refractivity contribution in [3.05, 3.63) is 29.3 Å². The molecule has 0 heterocycles. The van der Waals surface area contributed by atoms with Crippen molar-refractivity contribution >= 4 is 29.8 Å². The monoisotopic (exact) mass is 592 g/mol. The van der Waals surface area contributed by atoms with Crippen molar-refractivity contribution in [2.75, 3.05) is 19.7 Å². The van der Waals surface area contributed by atoms with Gasteiger partial charge >= 0.3 is 12.1 Å². The summed E-state index contributed by atoms with van der Waals surface area (Å²) in [7, 11) is 0. The summed E-state index contributed by atoms with van der Waals surface area (Å²) >= 11 is 0. The van der Waals surface area contributed by atoms with Crippen LogP contribution < -0.4 is 16.4 Å². The first kappa shape index (κ1) is 36.2. The zero-order chi connectivity index (χ0) is 31.9. The third-order valence-electron chi connectivity index (χ3n) is 6.24. The van der Waals surface area contributed by atoms with Gasteiger partial charge in [0.05, 0.1) is 19.4 Å². The third-order valence-corrected chi connectivity index (χ3v) is 6.24. The van der Waals surface area contributed by atoms with Crippen LogP contribution in [-0.4, -0.2) is 71.1 Å². The zero-order valence-corrected chi connectivity index (χ0v) is 25.8. The van der Waals surface area contributed by atoms with Gasteiger partial charge < -0.3 is 35.8 Å². The molecule has 236 valence electrons. The van der Waals surface area contributed by atoms with E-state index in [1.165, 1.54) is 11.0 Å². The first-order chi connectivity index (χ1) is 19.7. The molecule has 0 bridgehead atoms. The molecule has 0 aliphatic heterocycles. The minimum absolute atomic E-state index is 0.0693. The van der Waals surface area contributed by atoms with Gasteiger partial charge in [-0.25, -0.2) is 4.79 Å². The number of rotatable bonds is 17. The lowest BCUT2D eigenvalue weighted by molar-refractivity contribution is -0.144. The van der Waals surface area contributed by atoms with E-state index in [1.807, 2.05) is 0 Å². The molecule has 0 saturated carbocycles. The number of alkyl carbamates (subject to hydrolysis) is 1. The van der Waals surface area contributed by atoms with E-state index in [1.54, 1.807) is 46.8 Å². The van der Waals surface area contributed by atoms with Crippen LogP contribution in [0.5, 0.6) is 5.75 Å². The van der Waals surface area contributed by atoms with Gasteiger partial charge in [0, 0.05) is 18.7 Å². The fourth-order valence-electron chi connectivity index (χ4n) is 4.27. The molecular formula is C30H48N4O8. The number of amides is 4. The molecule has 2 unspecified atom stereocenters. The van der Waals surface area contributed by atoms with Gasteiger partial charge in [0.1, 0.15) is 23.4 Å². The molecule has 0 aliphatic rings. The van der Waals surface area contributed by atoms with Crippen LogP contribution in [0.3, 0.4) is 0 Å². The van der Waals surface area contributed by atoms with E-state index in [0.29, 0.717) is 12.0 Å². The molecule has 0 spiro atoms. The molecule has 4 amide bonds. The molecule has 5 N–H and O–H groups in total. The highest BCUT2D eigenvalue weighted by atomic mass is 16.6. The minimum atomic E-state index is -1.44. The molecule has 0 fully saturated rings. The highest BCUT2D eigenvalue weighted by molar-refractivity contribution is 5.95. The summed E-state index contributed by atoms with van der Waals surface area (Å²) in [5, 5.41) is 16.1. The number of nitrogens with two attached hydrogens (primary N) is 1. The van der Waals surface area contributed by atoms with Gasteiger partial charge in [0.15, 0.2) is 0 Å². The second kappa shape index (κ2) is 17.9. The fraction of sp³-hybridized carbons (Fsp3) is 0.633. The summed E-state index contributed by atoms with van der Waals surface area (Å²) < 4.78 is 10.2. The molecule has 42 heavy (non-hydrogen) atoms. The van der Waals surface area contributed by atoms with Crippen molar-refractivity contribution in [3.63, 3.8) is 0 Å². The number of carbonyl (C=O) groups is 5. The number of aromatic hydroxyl groups is 1. The largest absolute Gasteiger partial charge is 0.507 e. The molecule has 12 nitrogen and oxygen atoms in total. The van der Waals surface area contributed by atoms with Gasteiger partial charge in [0.25, 0.3) is 0 Å². The van der Waals surface area contributed by atoms with E-state index >= 15 is 0 Å². The number of phenolic OH excluding ortho intramolecular Hbond substituents is 1. The molecular weight excluding hydrogens is 544 g/mol. The Kier molecular flexibility index (Phi) is 15.4. The lowest BCUT2D eigenvalue weighted by atomic mass is 9.98. The van der Waals surface area contributed by atoms with Crippen molar-refractivity contribution in [1.82, 2.24) is 15.5 Å². The molecule has 12 heteroatoms. The summed E-state index contributed by atoms with van der Waals surface area (Å²) in [6.45, 7) is 10.6. The van der Waals surface area contributed by atoms with Crippen molar-refractivity contribution in [1.29, 1.82) is 0 Å². The van der Waals surface area contributed by atoms with Crippen LogP contribution in [0.15, 0.2) is 18.2 Å². The van der Waals surface area contributed by atoms with E-state index in [0.717, 1.165) is 25.7 Å². The first-order valence-electron chi connectivity index (χ1n) is 14.5. The quantitative estimate of drug-likeness (QED) is 0.157. The maximum Gasteiger partial charge on any atom is 0.408 e. The molecule has 1 aromatic carbocycles. The number of hydrogen-bond donors (Lipinski definition) is 4. The molecule has 1 aromatic rings. The van der Waals surface area contributed by atoms with Gasteiger partial charge in [-0.1, -0.05) is 50.8 Å². The second-order valence-corrected chi connectivity index (χ2v) is 11.1. The Morgan fingerprint density at radius 1 is 1.05 bits per heavy atom. The average molecular weight is 593 g/mol. The normalized spacial score (nSPS) is 12.5. The Balaban J connectivity index is 3.53. The number of aryl methyl sites for hydroxylation is 1. The van der Waals surface area contributed by atoms with Gasteiger partial charge in [-0.2, -0.15) is 0 Å². The summed E-state index contributed by atoms with van der Waals surface area (Å²) in [6.07, 6.45) is 2.61. The van der Waals surface area contributed by atoms with Crippen molar-refractivity contribution in [3.8, 4) is 5.75 Å². The molecule has 2 atom stereocenters. The second-order valence-electron chi connectivity index (χ2n) is 11.1. The van der Waals surface area contributed by atoms with Gasteiger partial charge in [-0.3, -0.25) is 19.2 Å². The lowest BCUT2D eigenvalue weighted by Crippen LogP contribution is -2.54. The Hall–Kier alpha value is -3.83. The molecule has 0 radical (unpaired) electrons. The number of phenols is 1. The predicted molar refractivity (Wildman–Crippen MR) is 157 cm³/mol. The highest BCUT2D eigenvalue weighted by Crippen LogP contribution is 2.32. The summed E-state index contributed by atoms with van der Waals surface area (Å²) in [4.78, 5) is 65.5. The van der Waals surface area contributed by atoms with Crippen LogP contribution in [0.1, 0.15) is 96.7 Å². The van der Waals surface area contributed by atoms with Gasteiger partial charge in [-0.05, 0) is 46.6 Å². The average Bonchev–Trinajstić information content (AvgIpc) is 2.88. The zero-order valence-electron chi connectivity index (χ0n) is 25.8. The van der Waals surface area contributed by atoms with Crippen LogP contribution in [0.25, 0.3) is 0 Å². The number of hydrogen-bond acceptors (Lipinski definition) is 8. The Morgan fingerprint density at radius 3 is 2.31 bits per heavy atom. The Bertz CT molecular complexity index is 1070. The fourth-order valence-corrected chi connectivity index (χ4v) is 4.27.